The van der Waals surface area contributed by atoms with Crippen LogP contribution < -0.4 is 5.32 Å². The van der Waals surface area contributed by atoms with Crippen LogP contribution in [0, 0.1) is 0 Å². The van der Waals surface area contributed by atoms with E-state index in [4.69, 9.17) is 4.98 Å². The van der Waals surface area contributed by atoms with Gasteiger partial charge in [0, 0.05) is 25.5 Å². The number of allylic oxidation sites excluding steroid dienone is 1. The maximum atomic E-state index is 4.81. The zero-order chi connectivity index (χ0) is 23.7. The van der Waals surface area contributed by atoms with Gasteiger partial charge in [-0.15, -0.1) is 5.10 Å². The second-order valence-electron chi connectivity index (χ2n) is 9.44. The van der Waals surface area contributed by atoms with E-state index in [2.05, 4.69) is 62.1 Å². The Morgan fingerprint density at radius 2 is 2.03 bits per heavy atom. The number of hydrogen-bond donors (Lipinski definition) is 1. The minimum absolute atomic E-state index is 0.332. The van der Waals surface area contributed by atoms with Crippen LogP contribution in [-0.2, 0) is 13.0 Å². The highest BCUT2D eigenvalue weighted by molar-refractivity contribution is 5.72. The Balaban J connectivity index is 1.21. The fraction of sp³-hybridized carbons (Fsp3) is 0.429. The van der Waals surface area contributed by atoms with Gasteiger partial charge >= 0.3 is 0 Å². The van der Waals surface area contributed by atoms with Crippen molar-refractivity contribution in [2.45, 2.75) is 57.2 Å². The van der Waals surface area contributed by atoms with E-state index in [9.17, 15) is 0 Å². The number of aryl methyl sites for hydroxylation is 1. The Hall–Kier alpha value is -3.16. The Kier molecular flexibility index (Phi) is 8.08. The van der Waals surface area contributed by atoms with Gasteiger partial charge in [0.25, 0.3) is 0 Å². The molecule has 7 nitrogen and oxygen atoms in total. The largest absolute Gasteiger partial charge is 0.315 e. The van der Waals surface area contributed by atoms with Gasteiger partial charge in [-0.25, -0.2) is 4.68 Å². The van der Waals surface area contributed by atoms with Crippen molar-refractivity contribution in [3.05, 3.63) is 84.0 Å². The fourth-order valence-corrected chi connectivity index (χ4v) is 5.07. The summed E-state index contributed by atoms with van der Waals surface area (Å²) in [4.78, 5) is 11.9. The highest BCUT2D eigenvalue weighted by Crippen LogP contribution is 2.33. The molecule has 0 amide bonds. The van der Waals surface area contributed by atoms with Crippen molar-refractivity contribution < 1.29 is 0 Å². The molecule has 35 heavy (non-hydrogen) atoms. The summed E-state index contributed by atoms with van der Waals surface area (Å²) in [5, 5.41) is 12.5. The van der Waals surface area contributed by atoms with Gasteiger partial charge in [-0.3, -0.25) is 14.9 Å². The summed E-state index contributed by atoms with van der Waals surface area (Å²) in [5.74, 6) is 0. The van der Waals surface area contributed by atoms with E-state index in [1.54, 1.807) is 0 Å². The van der Waals surface area contributed by atoms with Gasteiger partial charge in [0.2, 0.25) is 0 Å². The predicted octanol–water partition coefficient (Wildman–Crippen LogP) is 4.31. The molecule has 2 unspecified atom stereocenters. The average Bonchev–Trinajstić information content (AvgIpc) is 3.39. The van der Waals surface area contributed by atoms with Gasteiger partial charge in [0.05, 0.1) is 35.4 Å². The summed E-state index contributed by atoms with van der Waals surface area (Å²) in [6.07, 6.45) is 16.9. The number of nitrogens with zero attached hydrogens (tertiary/aromatic N) is 6. The van der Waals surface area contributed by atoms with Crippen molar-refractivity contribution in [2.75, 3.05) is 19.6 Å². The minimum atomic E-state index is 0.332. The van der Waals surface area contributed by atoms with Crippen molar-refractivity contribution in [3.63, 3.8) is 0 Å². The molecule has 0 saturated carbocycles. The monoisotopic (exact) mass is 469 g/mol. The van der Waals surface area contributed by atoms with Crippen molar-refractivity contribution in [1.82, 2.24) is 30.2 Å². The van der Waals surface area contributed by atoms with Crippen LogP contribution in [-0.4, -0.2) is 56.8 Å². The van der Waals surface area contributed by atoms with Gasteiger partial charge in [0.15, 0.2) is 0 Å². The van der Waals surface area contributed by atoms with Gasteiger partial charge in [-0.2, -0.15) is 0 Å². The molecule has 1 aliphatic heterocycles. The molecule has 2 aliphatic rings. The zero-order valence-electron chi connectivity index (χ0n) is 20.3. The topological polar surface area (TPSA) is 71.2 Å². The number of fused-ring (bicyclic) bond motifs is 1. The molecule has 182 valence electrons. The third-order valence-electron chi connectivity index (χ3n) is 6.89. The molecule has 0 radical (unpaired) electrons. The van der Waals surface area contributed by atoms with Crippen LogP contribution >= 0.6 is 0 Å². The third-order valence-corrected chi connectivity index (χ3v) is 6.89. The maximum absolute atomic E-state index is 4.81. The molecule has 0 fully saturated rings. The first-order valence-corrected chi connectivity index (χ1v) is 12.9. The summed E-state index contributed by atoms with van der Waals surface area (Å²) in [5.41, 5.74) is 4.67. The highest BCUT2D eigenvalue weighted by Gasteiger charge is 2.27. The van der Waals surface area contributed by atoms with E-state index >= 15 is 0 Å². The second-order valence-corrected chi connectivity index (χ2v) is 9.44. The van der Waals surface area contributed by atoms with Crippen LogP contribution in [0.2, 0.25) is 0 Å². The summed E-state index contributed by atoms with van der Waals surface area (Å²) in [7, 11) is 0. The normalized spacial score (nSPS) is 19.2. The molecule has 3 aromatic rings. The van der Waals surface area contributed by atoms with E-state index in [0.717, 1.165) is 69.7 Å². The van der Waals surface area contributed by atoms with Gasteiger partial charge in [-0.05, 0) is 81.5 Å². The molecular formula is C28H35N7. The Labute approximate surface area is 208 Å². The zero-order valence-corrected chi connectivity index (χ0v) is 20.3. The van der Waals surface area contributed by atoms with Crippen molar-refractivity contribution in [2.24, 2.45) is 4.99 Å². The molecule has 3 heterocycles. The highest BCUT2D eigenvalue weighted by atomic mass is 15.4. The van der Waals surface area contributed by atoms with Crippen LogP contribution in [0.3, 0.4) is 0 Å². The molecule has 0 saturated heterocycles. The van der Waals surface area contributed by atoms with E-state index in [0.29, 0.717) is 12.1 Å². The lowest BCUT2D eigenvalue weighted by atomic mass is 9.90. The van der Waals surface area contributed by atoms with E-state index < -0.39 is 0 Å². The minimum Gasteiger partial charge on any atom is -0.315 e. The number of dihydropyridines is 1. The number of para-hydroxylation sites is 1. The van der Waals surface area contributed by atoms with Crippen LogP contribution in [0.4, 0.5) is 0 Å². The Morgan fingerprint density at radius 1 is 1.09 bits per heavy atom. The number of aromatic nitrogens is 4. The van der Waals surface area contributed by atoms with E-state index in [1.165, 1.54) is 17.7 Å². The van der Waals surface area contributed by atoms with E-state index in [-0.39, 0.29) is 0 Å². The number of hydrogen-bond acceptors (Lipinski definition) is 6. The van der Waals surface area contributed by atoms with Crippen LogP contribution in [0.1, 0.15) is 55.1 Å². The third kappa shape index (κ3) is 6.29. The number of pyridine rings is 1. The van der Waals surface area contributed by atoms with Crippen LogP contribution in [0.25, 0.3) is 5.69 Å². The first kappa shape index (κ1) is 23.6. The van der Waals surface area contributed by atoms with Crippen molar-refractivity contribution in [1.29, 1.82) is 0 Å². The second kappa shape index (κ2) is 12.0. The molecule has 5 rings (SSSR count). The maximum Gasteiger partial charge on any atom is 0.0972 e. The predicted molar refractivity (Wildman–Crippen MR) is 140 cm³/mol. The molecule has 7 heteroatoms. The van der Waals surface area contributed by atoms with Gasteiger partial charge < -0.3 is 5.32 Å². The standard InChI is InChI=1S/C28H35N7/c1-2-13-26(14-3-1)35-22-25(32-33-35)21-34(27-15-8-10-23-11-9-18-31-28(23)27)19-7-6-16-29-20-24-12-4-5-17-30-24/h1-5,9,11,13-14,17-18,22,24,27,29H,6-8,10,12,15-16,19-21H2. The molecule has 0 bridgehead atoms. The number of benzene rings is 1. The molecule has 0 spiro atoms. The number of aliphatic imine (C=N–C) groups is 1. The molecule has 2 atom stereocenters. The lowest BCUT2D eigenvalue weighted by Crippen LogP contribution is -2.33. The van der Waals surface area contributed by atoms with Crippen LogP contribution in [0.5, 0.6) is 0 Å². The SMILES string of the molecule is C1=CCC(CNCCCCN(Cc2cn(-c3ccccc3)nn2)C2CCCc3cccnc32)N=C1. The van der Waals surface area contributed by atoms with Crippen molar-refractivity contribution in [3.8, 4) is 5.69 Å². The number of unbranched alkanes of at least 4 members (excludes halogenated alkanes) is 1. The Morgan fingerprint density at radius 3 is 2.91 bits per heavy atom. The summed E-state index contributed by atoms with van der Waals surface area (Å²) < 4.78 is 1.87. The molecule has 1 aromatic carbocycles. The molecule has 2 aromatic heterocycles. The first-order valence-electron chi connectivity index (χ1n) is 12.9. The van der Waals surface area contributed by atoms with Crippen LogP contribution in [0.15, 0.2) is 72.0 Å². The molecule has 1 N–H and O–H groups in total. The first-order chi connectivity index (χ1) is 17.4. The van der Waals surface area contributed by atoms with Gasteiger partial charge in [-0.1, -0.05) is 35.6 Å². The average molecular weight is 470 g/mol. The quantitative estimate of drug-likeness (QED) is 0.424. The summed E-state index contributed by atoms with van der Waals surface area (Å²) >= 11 is 0. The Bertz CT molecular complexity index is 1120. The molecular weight excluding hydrogens is 434 g/mol. The summed E-state index contributed by atoms with van der Waals surface area (Å²) in [6.45, 7) is 3.77. The fourth-order valence-electron chi connectivity index (χ4n) is 5.07. The lowest BCUT2D eigenvalue weighted by Gasteiger charge is -2.34. The molecule has 1 aliphatic carbocycles. The van der Waals surface area contributed by atoms with E-state index in [1.807, 2.05) is 41.4 Å². The summed E-state index contributed by atoms with van der Waals surface area (Å²) in [6, 6.07) is 15.2. The number of nitrogens with one attached hydrogen (secondary N) is 1. The van der Waals surface area contributed by atoms with Crippen molar-refractivity contribution >= 4 is 6.21 Å². The smallest absolute Gasteiger partial charge is 0.0972 e. The van der Waals surface area contributed by atoms with Gasteiger partial charge in [0.1, 0.15) is 0 Å². The lowest BCUT2D eigenvalue weighted by molar-refractivity contribution is 0.160. The number of rotatable bonds is 11.